The molecule has 2 unspecified atom stereocenters. The minimum Gasteiger partial charge on any atom is -0.497 e. The standard InChI is InChI=1S/C33H34F4N4O5/c1-20(29-10-8-24(34)14-30(29)45-12-11-42)31(40-25-15-26(17-28(16-25)44-2)41-19-38-18-39-41)32(43)22-4-3-21-7-9-27(46-33(35,36)37)13-23(21)6-5-22/h7-10,13-20,22,31,40,42H,3-6,11-12H2,1-2H3/t20-,22?,31?/m0/s1. The Kier molecular flexibility index (Phi) is 10.1. The molecule has 3 aromatic carbocycles. The van der Waals surface area contributed by atoms with E-state index in [0.717, 1.165) is 5.56 Å². The highest BCUT2D eigenvalue weighted by Crippen LogP contribution is 2.36. The van der Waals surface area contributed by atoms with Gasteiger partial charge in [0, 0.05) is 35.7 Å². The van der Waals surface area contributed by atoms with Gasteiger partial charge in [0.05, 0.1) is 25.4 Å². The molecule has 13 heteroatoms. The number of halogens is 4. The summed E-state index contributed by atoms with van der Waals surface area (Å²) in [6, 6.07) is 12.8. The van der Waals surface area contributed by atoms with Crippen molar-refractivity contribution in [2.24, 2.45) is 5.92 Å². The number of hydrogen-bond donors (Lipinski definition) is 2. The number of methoxy groups -OCH3 is 1. The number of carbonyl (C=O) groups excluding carboxylic acids is 1. The lowest BCUT2D eigenvalue weighted by molar-refractivity contribution is -0.274. The number of rotatable bonds is 12. The number of alkyl halides is 3. The summed E-state index contributed by atoms with van der Waals surface area (Å²) in [6.45, 7) is 1.49. The number of benzene rings is 3. The number of ether oxygens (including phenoxy) is 3. The fourth-order valence-electron chi connectivity index (χ4n) is 5.84. The second kappa shape index (κ2) is 14.2. The molecule has 244 valence electrons. The number of aliphatic hydroxyl groups excluding tert-OH is 1. The maximum atomic E-state index is 14.5. The zero-order chi connectivity index (χ0) is 32.8. The Hall–Kier alpha value is -4.65. The molecule has 1 aliphatic carbocycles. The average molecular weight is 643 g/mol. The highest BCUT2D eigenvalue weighted by molar-refractivity contribution is 5.90. The molecule has 0 bridgehead atoms. The van der Waals surface area contributed by atoms with Crippen molar-refractivity contribution in [1.82, 2.24) is 14.8 Å². The van der Waals surface area contributed by atoms with E-state index in [1.165, 1.54) is 44.0 Å². The van der Waals surface area contributed by atoms with Gasteiger partial charge in [0.1, 0.15) is 42.3 Å². The van der Waals surface area contributed by atoms with Gasteiger partial charge in [-0.25, -0.2) is 14.1 Å². The van der Waals surface area contributed by atoms with Crippen molar-refractivity contribution in [3.63, 3.8) is 0 Å². The number of hydrogen-bond acceptors (Lipinski definition) is 8. The lowest BCUT2D eigenvalue weighted by Gasteiger charge is -2.30. The molecule has 2 N–H and O–H groups in total. The van der Waals surface area contributed by atoms with E-state index >= 15 is 0 Å². The molecule has 1 aromatic heterocycles. The minimum atomic E-state index is -4.81. The molecule has 4 aromatic rings. The third-order valence-corrected chi connectivity index (χ3v) is 8.09. The second-order valence-corrected chi connectivity index (χ2v) is 11.1. The van der Waals surface area contributed by atoms with Crippen molar-refractivity contribution in [3.05, 3.63) is 89.8 Å². The summed E-state index contributed by atoms with van der Waals surface area (Å²) >= 11 is 0. The summed E-state index contributed by atoms with van der Waals surface area (Å²) in [6.07, 6.45) is -0.107. The zero-order valence-electron chi connectivity index (χ0n) is 25.3. The number of aromatic nitrogens is 3. The molecular weight excluding hydrogens is 608 g/mol. The van der Waals surface area contributed by atoms with Crippen LogP contribution in [0.3, 0.4) is 0 Å². The van der Waals surface area contributed by atoms with Crippen molar-refractivity contribution >= 4 is 11.5 Å². The molecule has 0 saturated heterocycles. The first-order valence-electron chi connectivity index (χ1n) is 14.8. The van der Waals surface area contributed by atoms with Crippen LogP contribution in [-0.2, 0) is 17.6 Å². The molecule has 0 aliphatic heterocycles. The number of aryl methyl sites for hydroxylation is 2. The molecule has 0 amide bonds. The van der Waals surface area contributed by atoms with Crippen LogP contribution in [-0.4, -0.2) is 58.4 Å². The van der Waals surface area contributed by atoms with Crippen LogP contribution < -0.4 is 19.5 Å². The number of fused-ring (bicyclic) bond motifs is 1. The number of aliphatic hydroxyl groups is 1. The molecule has 5 rings (SSSR count). The molecular formula is C33H34F4N4O5. The van der Waals surface area contributed by atoms with E-state index in [2.05, 4.69) is 20.1 Å². The molecule has 0 spiro atoms. The Morgan fingerprint density at radius 3 is 2.54 bits per heavy atom. The third kappa shape index (κ3) is 7.94. The number of ketones is 1. The van der Waals surface area contributed by atoms with Gasteiger partial charge in [-0.05, 0) is 66.6 Å². The molecule has 0 saturated carbocycles. The normalized spacial score (nSPS) is 16.1. The van der Waals surface area contributed by atoms with E-state index in [0.29, 0.717) is 53.9 Å². The van der Waals surface area contributed by atoms with Crippen LogP contribution in [0.15, 0.2) is 67.3 Å². The predicted octanol–water partition coefficient (Wildman–Crippen LogP) is 6.03. The molecule has 0 fully saturated rings. The molecule has 1 aliphatic rings. The summed E-state index contributed by atoms with van der Waals surface area (Å²) in [5, 5.41) is 16.9. The fourth-order valence-corrected chi connectivity index (χ4v) is 5.84. The van der Waals surface area contributed by atoms with Gasteiger partial charge < -0.3 is 24.6 Å². The number of Topliss-reactive ketones (excluding diaryl/α,β-unsaturated/α-hetero) is 1. The van der Waals surface area contributed by atoms with Gasteiger partial charge in [0.25, 0.3) is 0 Å². The highest BCUT2D eigenvalue weighted by atomic mass is 19.4. The second-order valence-electron chi connectivity index (χ2n) is 11.1. The Bertz CT molecular complexity index is 1650. The molecule has 0 radical (unpaired) electrons. The largest absolute Gasteiger partial charge is 0.573 e. The lowest BCUT2D eigenvalue weighted by Crippen LogP contribution is -2.39. The Morgan fingerprint density at radius 1 is 1.07 bits per heavy atom. The van der Waals surface area contributed by atoms with Gasteiger partial charge in [0.2, 0.25) is 0 Å². The summed E-state index contributed by atoms with van der Waals surface area (Å²) in [4.78, 5) is 18.5. The topological polar surface area (TPSA) is 108 Å². The van der Waals surface area contributed by atoms with Crippen LogP contribution >= 0.6 is 0 Å². The maximum absolute atomic E-state index is 14.5. The maximum Gasteiger partial charge on any atom is 0.573 e. The highest BCUT2D eigenvalue weighted by Gasteiger charge is 2.35. The van der Waals surface area contributed by atoms with Crippen molar-refractivity contribution in [1.29, 1.82) is 0 Å². The van der Waals surface area contributed by atoms with Crippen LogP contribution in [0.5, 0.6) is 17.2 Å². The van der Waals surface area contributed by atoms with Crippen molar-refractivity contribution in [3.8, 4) is 22.9 Å². The van der Waals surface area contributed by atoms with E-state index in [-0.39, 0.29) is 30.5 Å². The summed E-state index contributed by atoms with van der Waals surface area (Å²) in [5.74, 6) is -1.21. The van der Waals surface area contributed by atoms with Gasteiger partial charge in [-0.3, -0.25) is 4.79 Å². The van der Waals surface area contributed by atoms with Crippen molar-refractivity contribution in [2.75, 3.05) is 25.6 Å². The van der Waals surface area contributed by atoms with Crippen LogP contribution in [0, 0.1) is 11.7 Å². The predicted molar refractivity (Wildman–Crippen MR) is 161 cm³/mol. The molecule has 1 heterocycles. The van der Waals surface area contributed by atoms with Gasteiger partial charge in [-0.2, -0.15) is 5.10 Å². The van der Waals surface area contributed by atoms with Gasteiger partial charge in [-0.15, -0.1) is 13.2 Å². The van der Waals surface area contributed by atoms with Crippen LogP contribution in [0.2, 0.25) is 0 Å². The fraction of sp³-hybridized carbons (Fsp3) is 0.364. The SMILES string of the molecule is COc1cc(NC(C(=O)C2CCc3ccc(OC(F)(F)F)cc3CC2)[C@@H](C)c2ccc(F)cc2OCCO)cc(-n2cncn2)c1. The van der Waals surface area contributed by atoms with Gasteiger partial charge >= 0.3 is 6.36 Å². The quantitative estimate of drug-likeness (QED) is 0.143. The van der Waals surface area contributed by atoms with Crippen LogP contribution in [0.25, 0.3) is 5.69 Å². The Labute approximate surface area is 263 Å². The van der Waals surface area contributed by atoms with Crippen molar-refractivity contribution in [2.45, 2.75) is 50.9 Å². The minimum absolute atomic E-state index is 0.0622. The molecule has 46 heavy (non-hydrogen) atoms. The van der Waals surface area contributed by atoms with Crippen LogP contribution in [0.4, 0.5) is 23.2 Å². The first kappa shape index (κ1) is 32.7. The van der Waals surface area contributed by atoms with E-state index in [9.17, 15) is 27.5 Å². The van der Waals surface area contributed by atoms with E-state index < -0.39 is 30.1 Å². The van der Waals surface area contributed by atoms with E-state index in [1.54, 1.807) is 35.0 Å². The van der Waals surface area contributed by atoms with Gasteiger partial charge in [-0.1, -0.05) is 19.1 Å². The Morgan fingerprint density at radius 2 is 1.85 bits per heavy atom. The zero-order valence-corrected chi connectivity index (χ0v) is 25.3. The summed E-state index contributed by atoms with van der Waals surface area (Å²) in [5.41, 5.74) is 3.32. The number of nitrogens with zero attached hydrogens (tertiary/aromatic N) is 3. The first-order chi connectivity index (χ1) is 22.0. The number of carbonyl (C=O) groups is 1. The van der Waals surface area contributed by atoms with Crippen molar-refractivity contribution < 1.29 is 41.7 Å². The first-order valence-corrected chi connectivity index (χ1v) is 14.8. The molecule has 9 nitrogen and oxygen atoms in total. The third-order valence-electron chi connectivity index (χ3n) is 8.09. The summed E-state index contributed by atoms with van der Waals surface area (Å²) in [7, 11) is 1.52. The monoisotopic (exact) mass is 642 g/mol. The van der Waals surface area contributed by atoms with Crippen LogP contribution in [0.1, 0.15) is 42.4 Å². The van der Waals surface area contributed by atoms with E-state index in [4.69, 9.17) is 9.47 Å². The Balaban J connectivity index is 1.47. The average Bonchev–Trinajstić information content (AvgIpc) is 3.49. The van der Waals surface area contributed by atoms with E-state index in [1.807, 2.05) is 6.92 Å². The lowest BCUT2D eigenvalue weighted by atomic mass is 9.82. The number of anilines is 1. The smallest absolute Gasteiger partial charge is 0.497 e. The summed E-state index contributed by atoms with van der Waals surface area (Å²) < 4.78 is 69.7. The molecule has 3 atom stereocenters. The van der Waals surface area contributed by atoms with Gasteiger partial charge in [0.15, 0.2) is 5.78 Å². The number of nitrogens with one attached hydrogen (secondary N) is 1.